The van der Waals surface area contributed by atoms with Crippen molar-refractivity contribution in [2.24, 2.45) is 0 Å². The zero-order valence-electron chi connectivity index (χ0n) is 7.39. The zero-order valence-corrected chi connectivity index (χ0v) is 7.39. The van der Waals surface area contributed by atoms with E-state index in [0.717, 1.165) is 13.0 Å². The molecule has 1 atom stereocenters. The first-order chi connectivity index (χ1) is 5.10. The van der Waals surface area contributed by atoms with Crippen LogP contribution in [0.25, 0.3) is 0 Å². The molecule has 1 heterocycles. The molecule has 0 spiro atoms. The Balaban J connectivity index is 2.72. The summed E-state index contributed by atoms with van der Waals surface area (Å²) in [6.45, 7) is 6.98. The van der Waals surface area contributed by atoms with Crippen LogP contribution >= 0.6 is 0 Å². The highest BCUT2D eigenvalue weighted by molar-refractivity contribution is 5.74. The van der Waals surface area contributed by atoms with Gasteiger partial charge in [0.15, 0.2) is 0 Å². The van der Waals surface area contributed by atoms with Crippen molar-refractivity contribution in [2.75, 3.05) is 13.2 Å². The first-order valence-corrected chi connectivity index (χ1v) is 4.02. The van der Waals surface area contributed by atoms with Crippen LogP contribution in [0.4, 0.5) is 0 Å². The largest absolute Gasteiger partial charge is 0.354 e. The molecule has 11 heavy (non-hydrogen) atoms. The molecule has 1 aliphatic heterocycles. The van der Waals surface area contributed by atoms with Crippen molar-refractivity contribution in [3.63, 3.8) is 0 Å². The fourth-order valence-corrected chi connectivity index (χ4v) is 1.45. The lowest BCUT2D eigenvalue weighted by Crippen LogP contribution is -2.44. The van der Waals surface area contributed by atoms with Crippen LogP contribution in [0.3, 0.4) is 0 Å². The number of carbonyl (C=O) groups excluding carboxylic acids is 1. The van der Waals surface area contributed by atoms with Crippen LogP contribution in [0.2, 0.25) is 0 Å². The van der Waals surface area contributed by atoms with E-state index >= 15 is 0 Å². The van der Waals surface area contributed by atoms with E-state index in [1.807, 2.05) is 13.8 Å². The predicted octanol–water partition coefficient (Wildman–Crippen LogP) is 0.991. The van der Waals surface area contributed by atoms with E-state index in [0.29, 0.717) is 6.61 Å². The summed E-state index contributed by atoms with van der Waals surface area (Å²) < 4.78 is 5.47. The molecule has 1 aliphatic rings. The number of hydrogen-bond acceptors (Lipinski definition) is 2. The van der Waals surface area contributed by atoms with Crippen molar-refractivity contribution < 1.29 is 9.53 Å². The Labute approximate surface area is 67.3 Å². The maximum absolute atomic E-state index is 11.1. The number of hydrogen-bond donors (Lipinski definition) is 0. The van der Waals surface area contributed by atoms with E-state index in [1.165, 1.54) is 0 Å². The number of rotatable bonds is 1. The van der Waals surface area contributed by atoms with Gasteiger partial charge in [-0.25, -0.2) is 0 Å². The van der Waals surface area contributed by atoms with Gasteiger partial charge in [0.05, 0.1) is 6.61 Å². The van der Waals surface area contributed by atoms with Gasteiger partial charge in [0, 0.05) is 13.5 Å². The fourth-order valence-electron chi connectivity index (χ4n) is 1.45. The standard InChI is InChI=1S/C8H15NO2/c1-4-8(3)9(7(2)10)5-6-11-8/h4-6H2,1-3H3. The van der Waals surface area contributed by atoms with Gasteiger partial charge in [-0.2, -0.15) is 0 Å². The molecule has 1 amide bonds. The Morgan fingerprint density at radius 2 is 2.36 bits per heavy atom. The molecule has 0 saturated carbocycles. The van der Waals surface area contributed by atoms with E-state index in [-0.39, 0.29) is 11.6 Å². The van der Waals surface area contributed by atoms with Gasteiger partial charge in [-0.1, -0.05) is 6.92 Å². The third-order valence-corrected chi connectivity index (χ3v) is 2.33. The van der Waals surface area contributed by atoms with Crippen LogP contribution in [0.1, 0.15) is 27.2 Å². The molecule has 64 valence electrons. The van der Waals surface area contributed by atoms with Gasteiger partial charge in [0.25, 0.3) is 0 Å². The molecule has 0 aromatic heterocycles. The lowest BCUT2D eigenvalue weighted by atomic mass is 10.1. The van der Waals surface area contributed by atoms with Crippen molar-refractivity contribution in [3.8, 4) is 0 Å². The van der Waals surface area contributed by atoms with E-state index in [2.05, 4.69) is 0 Å². The van der Waals surface area contributed by atoms with Gasteiger partial charge < -0.3 is 9.64 Å². The van der Waals surface area contributed by atoms with Crippen molar-refractivity contribution in [1.82, 2.24) is 4.90 Å². The monoisotopic (exact) mass is 157 g/mol. The molecule has 0 aliphatic carbocycles. The summed E-state index contributed by atoms with van der Waals surface area (Å²) in [5.41, 5.74) is -0.341. The SMILES string of the molecule is CCC1(C)OCCN1C(C)=O. The molecule has 0 aromatic rings. The normalized spacial score (nSPS) is 31.0. The molecule has 0 aromatic carbocycles. The molecule has 1 unspecified atom stereocenters. The molecule has 1 fully saturated rings. The maximum Gasteiger partial charge on any atom is 0.221 e. The van der Waals surface area contributed by atoms with Crippen LogP contribution in [-0.4, -0.2) is 29.7 Å². The molecule has 1 saturated heterocycles. The second-order valence-corrected chi connectivity index (χ2v) is 3.05. The minimum absolute atomic E-state index is 0.104. The highest BCUT2D eigenvalue weighted by Crippen LogP contribution is 2.25. The average Bonchev–Trinajstić information content (AvgIpc) is 2.32. The number of nitrogens with zero attached hydrogens (tertiary/aromatic N) is 1. The summed E-state index contributed by atoms with van der Waals surface area (Å²) in [7, 11) is 0. The third-order valence-electron chi connectivity index (χ3n) is 2.33. The van der Waals surface area contributed by atoms with Crippen LogP contribution in [0.5, 0.6) is 0 Å². The van der Waals surface area contributed by atoms with E-state index in [4.69, 9.17) is 4.74 Å². The second kappa shape index (κ2) is 2.81. The minimum Gasteiger partial charge on any atom is -0.354 e. The van der Waals surface area contributed by atoms with Crippen molar-refractivity contribution in [3.05, 3.63) is 0 Å². The average molecular weight is 157 g/mol. The highest BCUT2D eigenvalue weighted by Gasteiger charge is 2.37. The molecular weight excluding hydrogens is 142 g/mol. The zero-order chi connectivity index (χ0) is 8.48. The van der Waals surface area contributed by atoms with Gasteiger partial charge >= 0.3 is 0 Å². The first kappa shape index (κ1) is 8.53. The van der Waals surface area contributed by atoms with Gasteiger partial charge in [-0.05, 0) is 13.3 Å². The summed E-state index contributed by atoms with van der Waals surface area (Å²) >= 11 is 0. The van der Waals surface area contributed by atoms with Gasteiger partial charge in [-0.3, -0.25) is 4.79 Å². The van der Waals surface area contributed by atoms with Gasteiger partial charge in [0.1, 0.15) is 5.72 Å². The summed E-state index contributed by atoms with van der Waals surface area (Å²) in [6, 6.07) is 0. The maximum atomic E-state index is 11.1. The van der Waals surface area contributed by atoms with E-state index < -0.39 is 0 Å². The Morgan fingerprint density at radius 1 is 1.73 bits per heavy atom. The van der Waals surface area contributed by atoms with Crippen LogP contribution < -0.4 is 0 Å². The number of carbonyl (C=O) groups is 1. The first-order valence-electron chi connectivity index (χ1n) is 4.02. The van der Waals surface area contributed by atoms with Crippen molar-refractivity contribution in [2.45, 2.75) is 32.9 Å². The molecule has 0 N–H and O–H groups in total. The Bertz CT molecular complexity index is 169. The summed E-state index contributed by atoms with van der Waals surface area (Å²) in [5, 5.41) is 0. The second-order valence-electron chi connectivity index (χ2n) is 3.05. The lowest BCUT2D eigenvalue weighted by molar-refractivity contribution is -0.144. The molecule has 1 rings (SSSR count). The van der Waals surface area contributed by atoms with Crippen LogP contribution in [0.15, 0.2) is 0 Å². The van der Waals surface area contributed by atoms with Crippen molar-refractivity contribution >= 4 is 5.91 Å². The Kier molecular flexibility index (Phi) is 2.18. The van der Waals surface area contributed by atoms with Crippen LogP contribution in [0, 0.1) is 0 Å². The van der Waals surface area contributed by atoms with E-state index in [1.54, 1.807) is 11.8 Å². The molecule has 3 nitrogen and oxygen atoms in total. The molecule has 0 bridgehead atoms. The predicted molar refractivity (Wildman–Crippen MR) is 42.0 cm³/mol. The van der Waals surface area contributed by atoms with Crippen LogP contribution in [-0.2, 0) is 9.53 Å². The van der Waals surface area contributed by atoms with Gasteiger partial charge in [-0.15, -0.1) is 0 Å². The summed E-state index contributed by atoms with van der Waals surface area (Å²) in [4.78, 5) is 12.9. The fraction of sp³-hybridized carbons (Fsp3) is 0.875. The number of amides is 1. The lowest BCUT2D eigenvalue weighted by Gasteiger charge is -2.31. The molecule has 3 heteroatoms. The number of ether oxygens (including phenoxy) is 1. The third kappa shape index (κ3) is 1.38. The smallest absolute Gasteiger partial charge is 0.221 e. The molecular formula is C8H15NO2. The minimum atomic E-state index is -0.341. The van der Waals surface area contributed by atoms with Crippen molar-refractivity contribution in [1.29, 1.82) is 0 Å². The van der Waals surface area contributed by atoms with Gasteiger partial charge in [0.2, 0.25) is 5.91 Å². The topological polar surface area (TPSA) is 29.5 Å². The van der Waals surface area contributed by atoms with E-state index in [9.17, 15) is 4.79 Å². The Morgan fingerprint density at radius 3 is 2.73 bits per heavy atom. The highest BCUT2D eigenvalue weighted by atomic mass is 16.5. The Hall–Kier alpha value is -0.570. The summed E-state index contributed by atoms with van der Waals surface area (Å²) in [6.07, 6.45) is 0.854. The quantitative estimate of drug-likeness (QED) is 0.568. The summed E-state index contributed by atoms with van der Waals surface area (Å²) in [5.74, 6) is 0.104. The molecule has 0 radical (unpaired) electrons.